The highest BCUT2D eigenvalue weighted by Crippen LogP contribution is 2.29. The summed E-state index contributed by atoms with van der Waals surface area (Å²) in [5.41, 5.74) is -0.433. The molecule has 31 heavy (non-hydrogen) atoms. The van der Waals surface area contributed by atoms with Crippen molar-refractivity contribution < 1.29 is 27.7 Å². The number of aromatic nitrogens is 5. The fourth-order valence-corrected chi connectivity index (χ4v) is 3.58. The van der Waals surface area contributed by atoms with E-state index in [1.807, 2.05) is 6.92 Å². The van der Waals surface area contributed by atoms with Gasteiger partial charge in [-0.15, -0.1) is 4.80 Å². The van der Waals surface area contributed by atoms with Gasteiger partial charge in [0.05, 0.1) is 30.1 Å². The van der Waals surface area contributed by atoms with Crippen molar-refractivity contribution in [2.45, 2.75) is 38.1 Å². The fourth-order valence-electron chi connectivity index (χ4n) is 3.58. The Hall–Kier alpha value is -3.50. The molecule has 0 aliphatic carbocycles. The van der Waals surface area contributed by atoms with Gasteiger partial charge in [0, 0.05) is 12.7 Å². The third-order valence-electron chi connectivity index (χ3n) is 5.19. The van der Waals surface area contributed by atoms with Gasteiger partial charge in [-0.2, -0.15) is 28.4 Å². The molecule has 0 unspecified atom stereocenters. The number of likely N-dealkylation sites (tertiary alicyclic amines) is 1. The summed E-state index contributed by atoms with van der Waals surface area (Å²) >= 11 is 0. The molecule has 3 aromatic heterocycles. The van der Waals surface area contributed by atoms with Gasteiger partial charge < -0.3 is 9.64 Å². The minimum absolute atomic E-state index is 0.210. The van der Waals surface area contributed by atoms with Gasteiger partial charge in [-0.3, -0.25) is 4.79 Å². The van der Waals surface area contributed by atoms with Gasteiger partial charge in [-0.25, -0.2) is 4.98 Å². The number of aromatic amines is 1. The monoisotopic (exact) mass is 433 g/mol. The van der Waals surface area contributed by atoms with Crippen LogP contribution < -0.4 is 9.72 Å². The van der Waals surface area contributed by atoms with Gasteiger partial charge in [0.2, 0.25) is 0 Å². The first kappa shape index (κ1) is 20.8. The molecular weight excluding hydrogens is 413 g/mol. The minimum Gasteiger partial charge on any atom is -0.439 e. The number of hydrogen-bond acceptors (Lipinski definition) is 5. The van der Waals surface area contributed by atoms with Crippen LogP contribution in [0, 0.1) is 0 Å². The average Bonchev–Trinajstić information content (AvgIpc) is 3.29. The molecule has 1 fully saturated rings. The largest absolute Gasteiger partial charge is 0.439 e. The summed E-state index contributed by atoms with van der Waals surface area (Å²) in [6.45, 7) is 2.38. The molecule has 3 aromatic rings. The van der Waals surface area contributed by atoms with Gasteiger partial charge in [0.1, 0.15) is 11.7 Å². The molecule has 1 amide bonds. The number of carbonyl (C=O) groups excluding carboxylic acids is 1. The molecule has 162 valence electrons. The second-order valence-corrected chi connectivity index (χ2v) is 7.17. The second kappa shape index (κ2) is 8.32. The van der Waals surface area contributed by atoms with Crippen molar-refractivity contribution in [1.29, 1.82) is 0 Å². The van der Waals surface area contributed by atoms with E-state index in [9.17, 15) is 18.0 Å². The number of hydrogen-bond donors (Lipinski definition) is 0. The maximum Gasteiger partial charge on any atom is 0.422 e. The van der Waals surface area contributed by atoms with E-state index >= 15 is 0 Å². The number of halogens is 3. The molecule has 0 bridgehead atoms. The smallest absolute Gasteiger partial charge is 0.422 e. The lowest BCUT2D eigenvalue weighted by atomic mass is 9.99. The number of piperidine rings is 1. The Morgan fingerprint density at radius 1 is 1.19 bits per heavy atom. The quantitative estimate of drug-likeness (QED) is 0.631. The van der Waals surface area contributed by atoms with Crippen LogP contribution in [0.4, 0.5) is 13.2 Å². The predicted molar refractivity (Wildman–Crippen MR) is 101 cm³/mol. The molecule has 0 aromatic carbocycles. The summed E-state index contributed by atoms with van der Waals surface area (Å²) in [6.07, 6.45) is 1.96. The lowest BCUT2D eigenvalue weighted by Crippen LogP contribution is -2.52. The molecule has 1 aliphatic heterocycles. The number of rotatable bonds is 4. The number of ether oxygens (including phenoxy) is 1. The Morgan fingerprint density at radius 2 is 1.97 bits per heavy atom. The number of alkyl halides is 3. The summed E-state index contributed by atoms with van der Waals surface area (Å²) in [7, 11) is 0. The highest BCUT2D eigenvalue weighted by atomic mass is 19.4. The van der Waals surface area contributed by atoms with Gasteiger partial charge in [0.25, 0.3) is 5.91 Å². The van der Waals surface area contributed by atoms with E-state index in [0.29, 0.717) is 30.8 Å². The molecule has 11 heteroatoms. The van der Waals surface area contributed by atoms with Crippen molar-refractivity contribution in [1.82, 2.24) is 24.9 Å². The topological polar surface area (TPSA) is 87.3 Å². The average molecular weight is 433 g/mol. The summed E-state index contributed by atoms with van der Waals surface area (Å²) < 4.78 is 44.2. The van der Waals surface area contributed by atoms with Crippen molar-refractivity contribution in [3.05, 3.63) is 60.2 Å². The lowest BCUT2D eigenvalue weighted by molar-refractivity contribution is -0.400. The molecule has 2 atom stereocenters. The first-order valence-corrected chi connectivity index (χ1v) is 9.73. The van der Waals surface area contributed by atoms with Gasteiger partial charge in [-0.1, -0.05) is 0 Å². The van der Waals surface area contributed by atoms with Crippen LogP contribution in [0.15, 0.2) is 49.1 Å². The summed E-state index contributed by atoms with van der Waals surface area (Å²) in [5.74, 6) is 0.295. The third-order valence-corrected chi connectivity index (χ3v) is 5.19. The number of pyridine rings is 2. The van der Waals surface area contributed by atoms with E-state index in [1.165, 1.54) is 23.3 Å². The van der Waals surface area contributed by atoms with E-state index in [-0.39, 0.29) is 23.9 Å². The molecule has 8 nitrogen and oxygen atoms in total. The molecule has 4 rings (SSSR count). The number of nitrogens with one attached hydrogen (secondary N) is 1. The molecule has 0 radical (unpaired) electrons. The number of H-pyrrole nitrogens is 1. The second-order valence-electron chi connectivity index (χ2n) is 7.17. The molecular formula is C20H20F3N6O2+. The summed E-state index contributed by atoms with van der Waals surface area (Å²) in [5, 5.41) is 8.10. The molecule has 1 N–H and O–H groups in total. The van der Waals surface area contributed by atoms with Gasteiger partial charge in [-0.05, 0) is 38.0 Å². The molecule has 4 heterocycles. The van der Waals surface area contributed by atoms with Crippen LogP contribution in [0.2, 0.25) is 0 Å². The van der Waals surface area contributed by atoms with E-state index in [2.05, 4.69) is 20.2 Å². The minimum atomic E-state index is -4.43. The van der Waals surface area contributed by atoms with E-state index < -0.39 is 11.7 Å². The van der Waals surface area contributed by atoms with Crippen LogP contribution in [0.5, 0.6) is 5.88 Å². The first-order chi connectivity index (χ1) is 14.8. The summed E-state index contributed by atoms with van der Waals surface area (Å²) in [4.78, 5) is 23.1. The van der Waals surface area contributed by atoms with Gasteiger partial charge in [0.15, 0.2) is 12.0 Å². The first-order valence-electron chi connectivity index (χ1n) is 9.73. The zero-order valence-corrected chi connectivity index (χ0v) is 16.6. The maximum absolute atomic E-state index is 13.3. The van der Waals surface area contributed by atoms with Crippen molar-refractivity contribution in [3.63, 3.8) is 0 Å². The molecule has 0 spiro atoms. The van der Waals surface area contributed by atoms with Crippen LogP contribution in [0.1, 0.15) is 35.7 Å². The molecule has 1 saturated heterocycles. The van der Waals surface area contributed by atoms with Crippen molar-refractivity contribution in [2.24, 2.45) is 0 Å². The van der Waals surface area contributed by atoms with E-state index in [1.54, 1.807) is 23.2 Å². The number of amides is 1. The molecule has 1 aliphatic rings. The fraction of sp³-hybridized carbons (Fsp3) is 0.350. The lowest BCUT2D eigenvalue weighted by Gasteiger charge is -2.38. The Labute approximate surface area is 175 Å². The van der Waals surface area contributed by atoms with Crippen LogP contribution in [0.25, 0.3) is 5.82 Å². The predicted octanol–water partition coefficient (Wildman–Crippen LogP) is 2.57. The zero-order chi connectivity index (χ0) is 22.0. The normalized spacial score (nSPS) is 19.3. The number of carbonyl (C=O) groups is 1. The highest BCUT2D eigenvalue weighted by Gasteiger charge is 2.36. The zero-order valence-electron chi connectivity index (χ0n) is 16.6. The Morgan fingerprint density at radius 3 is 2.65 bits per heavy atom. The van der Waals surface area contributed by atoms with Crippen molar-refractivity contribution in [3.8, 4) is 11.7 Å². The van der Waals surface area contributed by atoms with Crippen LogP contribution in [0.3, 0.4) is 0 Å². The van der Waals surface area contributed by atoms with Gasteiger partial charge >= 0.3 is 12.1 Å². The maximum atomic E-state index is 13.3. The van der Waals surface area contributed by atoms with Crippen LogP contribution in [-0.2, 0) is 6.18 Å². The summed E-state index contributed by atoms with van der Waals surface area (Å²) in [6, 6.07) is 5.23. The van der Waals surface area contributed by atoms with E-state index in [0.717, 1.165) is 12.3 Å². The van der Waals surface area contributed by atoms with E-state index in [4.69, 9.17) is 4.74 Å². The standard InChI is InChI=1S/C20H19F3N6O2/c1-13-16(31-17-7-6-14(12-25-17)20(21,22)23)5-3-11-28(13)19(30)15-4-2-8-24-18(15)29-26-9-10-27-29/h2,4,6-10,12-13,16H,3,5,11H2,1H3/p+1/t13-,16+/m0/s1. The Kier molecular flexibility index (Phi) is 5.57. The highest BCUT2D eigenvalue weighted by molar-refractivity contribution is 5.97. The van der Waals surface area contributed by atoms with Crippen molar-refractivity contribution in [2.75, 3.05) is 6.54 Å². The Bertz CT molecular complexity index is 1040. The molecule has 0 saturated carbocycles. The van der Waals surface area contributed by atoms with Crippen molar-refractivity contribution >= 4 is 5.91 Å². The third kappa shape index (κ3) is 4.35. The van der Waals surface area contributed by atoms with Crippen LogP contribution >= 0.6 is 0 Å². The Balaban J connectivity index is 1.52. The van der Waals surface area contributed by atoms with Crippen LogP contribution in [-0.4, -0.2) is 49.5 Å². The SMILES string of the molecule is C[C@H]1[C@H](Oc2ccc(C(F)(F)F)c[nH+]2)CCCN1C(=O)c1cccnc1-n1nccn1. The number of nitrogens with zero attached hydrogens (tertiary/aromatic N) is 5.